The summed E-state index contributed by atoms with van der Waals surface area (Å²) in [4.78, 5) is 4.37. The van der Waals surface area contributed by atoms with Crippen LogP contribution in [-0.4, -0.2) is 27.2 Å². The second-order valence-electron chi connectivity index (χ2n) is 6.12. The zero-order chi connectivity index (χ0) is 19.9. The highest BCUT2D eigenvalue weighted by Gasteiger charge is 2.11. The number of aliphatic imine (C=N–C) groups is 1. The van der Waals surface area contributed by atoms with Gasteiger partial charge in [0, 0.05) is 24.9 Å². The first-order valence-electron chi connectivity index (χ1n) is 8.49. The predicted octanol–water partition coefficient (Wildman–Crippen LogP) is 3.38. The van der Waals surface area contributed by atoms with Crippen LogP contribution in [0.4, 0.5) is 8.78 Å². The molecule has 0 aliphatic rings. The van der Waals surface area contributed by atoms with Crippen LogP contribution in [0.15, 0.2) is 47.5 Å². The van der Waals surface area contributed by atoms with Gasteiger partial charge in [-0.2, -0.15) is 0 Å². The summed E-state index contributed by atoms with van der Waals surface area (Å²) in [5.74, 6) is -0.532. The van der Waals surface area contributed by atoms with Crippen molar-refractivity contribution in [2.75, 3.05) is 12.8 Å². The summed E-state index contributed by atoms with van der Waals surface area (Å²) < 4.78 is 50.5. The van der Waals surface area contributed by atoms with Crippen LogP contribution in [0.25, 0.3) is 0 Å². The van der Waals surface area contributed by atoms with Crippen LogP contribution in [0.1, 0.15) is 23.6 Å². The normalized spacial score (nSPS) is 11.6. The van der Waals surface area contributed by atoms with E-state index >= 15 is 0 Å². The number of benzene rings is 2. The topological polar surface area (TPSA) is 70.6 Å². The van der Waals surface area contributed by atoms with Gasteiger partial charge in [-0.1, -0.05) is 24.3 Å². The molecular weight excluding hydrogens is 499 g/mol. The number of guanidine groups is 1. The molecule has 0 unspecified atom stereocenters. The van der Waals surface area contributed by atoms with Crippen molar-refractivity contribution in [2.45, 2.75) is 25.8 Å². The highest BCUT2D eigenvalue weighted by Crippen LogP contribution is 2.15. The van der Waals surface area contributed by atoms with E-state index in [4.69, 9.17) is 0 Å². The molecule has 0 heterocycles. The van der Waals surface area contributed by atoms with Crippen LogP contribution in [0.2, 0.25) is 0 Å². The third kappa shape index (κ3) is 8.09. The first-order chi connectivity index (χ1) is 12.8. The van der Waals surface area contributed by atoms with Crippen molar-refractivity contribution < 1.29 is 17.2 Å². The second kappa shape index (κ2) is 11.3. The van der Waals surface area contributed by atoms with Gasteiger partial charge < -0.3 is 10.6 Å². The largest absolute Gasteiger partial charge is 0.357 e. The van der Waals surface area contributed by atoms with Crippen molar-refractivity contribution in [1.29, 1.82) is 0 Å². The number of rotatable bonds is 7. The minimum absolute atomic E-state index is 0. The Hall–Kier alpha value is -1.75. The van der Waals surface area contributed by atoms with Crippen LogP contribution in [0.5, 0.6) is 0 Å². The first-order valence-corrected chi connectivity index (χ1v) is 10.5. The maximum absolute atomic E-state index is 13.7. The minimum atomic E-state index is -3.26. The van der Waals surface area contributed by atoms with Gasteiger partial charge in [0.05, 0.1) is 12.3 Å². The molecule has 0 saturated heterocycles. The molecule has 0 aromatic heterocycles. The molecule has 9 heteroatoms. The van der Waals surface area contributed by atoms with Gasteiger partial charge >= 0.3 is 0 Å². The predicted molar refractivity (Wildman–Crippen MR) is 118 cm³/mol. The Morgan fingerprint density at radius 1 is 1.04 bits per heavy atom. The van der Waals surface area contributed by atoms with Crippen LogP contribution in [-0.2, 0) is 28.7 Å². The number of hydrogen-bond acceptors (Lipinski definition) is 3. The third-order valence-corrected chi connectivity index (χ3v) is 4.58. The van der Waals surface area contributed by atoms with E-state index in [9.17, 15) is 17.2 Å². The molecule has 0 spiro atoms. The van der Waals surface area contributed by atoms with Gasteiger partial charge in [-0.25, -0.2) is 22.2 Å². The maximum atomic E-state index is 13.7. The van der Waals surface area contributed by atoms with E-state index in [2.05, 4.69) is 15.6 Å². The molecule has 2 aromatic rings. The standard InChI is InChI=1S/C19H23F2N3O2S.HI/c1-3-22-19(23-11-14-6-4-5-7-18(14)21)24-12-16-10-17(20)9-8-15(16)13-27(2,25)26;/h4-10H,3,11-13H2,1-2H3,(H2,22,23,24);1H. The first kappa shape index (κ1) is 24.3. The van der Waals surface area contributed by atoms with Gasteiger partial charge in [-0.05, 0) is 36.2 Å². The highest BCUT2D eigenvalue weighted by atomic mass is 127. The monoisotopic (exact) mass is 523 g/mol. The summed E-state index contributed by atoms with van der Waals surface area (Å²) >= 11 is 0. The molecule has 2 aromatic carbocycles. The zero-order valence-electron chi connectivity index (χ0n) is 15.7. The van der Waals surface area contributed by atoms with E-state index in [0.29, 0.717) is 29.2 Å². The summed E-state index contributed by atoms with van der Waals surface area (Å²) in [7, 11) is -3.26. The second-order valence-corrected chi connectivity index (χ2v) is 8.26. The Morgan fingerprint density at radius 3 is 2.39 bits per heavy atom. The molecule has 0 amide bonds. The number of sulfone groups is 1. The van der Waals surface area contributed by atoms with Crippen LogP contribution < -0.4 is 10.6 Å². The van der Waals surface area contributed by atoms with Crippen molar-refractivity contribution in [1.82, 2.24) is 10.6 Å². The lowest BCUT2D eigenvalue weighted by Crippen LogP contribution is -2.37. The zero-order valence-corrected chi connectivity index (χ0v) is 18.9. The van der Waals surface area contributed by atoms with E-state index in [-0.39, 0.29) is 48.6 Å². The molecule has 5 nitrogen and oxygen atoms in total. The number of nitrogens with one attached hydrogen (secondary N) is 2. The average Bonchev–Trinajstić information content (AvgIpc) is 2.59. The highest BCUT2D eigenvalue weighted by molar-refractivity contribution is 14.0. The number of hydrogen-bond donors (Lipinski definition) is 2. The Morgan fingerprint density at radius 2 is 1.75 bits per heavy atom. The fourth-order valence-corrected chi connectivity index (χ4v) is 3.34. The summed E-state index contributed by atoms with van der Waals surface area (Å²) in [5.41, 5.74) is 1.49. The molecule has 0 radical (unpaired) electrons. The smallest absolute Gasteiger partial charge is 0.191 e. The molecule has 0 aliphatic carbocycles. The van der Waals surface area contributed by atoms with Crippen molar-refractivity contribution in [3.63, 3.8) is 0 Å². The number of halogens is 3. The molecule has 154 valence electrons. The van der Waals surface area contributed by atoms with Gasteiger partial charge in [0.15, 0.2) is 15.8 Å². The van der Waals surface area contributed by atoms with E-state index < -0.39 is 15.7 Å². The molecule has 0 aliphatic heterocycles. The lowest BCUT2D eigenvalue weighted by molar-refractivity contribution is 0.600. The summed E-state index contributed by atoms with van der Waals surface area (Å²) in [6.45, 7) is 2.80. The molecular formula is C19H24F2IN3O2S. The molecule has 28 heavy (non-hydrogen) atoms. The van der Waals surface area contributed by atoms with Gasteiger partial charge in [0.2, 0.25) is 0 Å². The minimum Gasteiger partial charge on any atom is -0.357 e. The maximum Gasteiger partial charge on any atom is 0.191 e. The van der Waals surface area contributed by atoms with E-state index in [1.807, 2.05) is 6.92 Å². The van der Waals surface area contributed by atoms with E-state index in [0.717, 1.165) is 6.26 Å². The fourth-order valence-electron chi connectivity index (χ4n) is 2.49. The number of nitrogens with zero attached hydrogens (tertiary/aromatic N) is 1. The van der Waals surface area contributed by atoms with Crippen molar-refractivity contribution >= 4 is 39.8 Å². The Kier molecular flexibility index (Phi) is 9.80. The molecule has 0 atom stereocenters. The molecule has 2 N–H and O–H groups in total. The summed E-state index contributed by atoms with van der Waals surface area (Å²) in [6.07, 6.45) is 1.13. The molecule has 0 saturated carbocycles. The van der Waals surface area contributed by atoms with Crippen LogP contribution >= 0.6 is 24.0 Å². The molecule has 0 fully saturated rings. The summed E-state index contributed by atoms with van der Waals surface area (Å²) in [5, 5.41) is 6.05. The van der Waals surface area contributed by atoms with Gasteiger partial charge in [-0.3, -0.25) is 0 Å². The van der Waals surface area contributed by atoms with Gasteiger partial charge in [0.1, 0.15) is 11.6 Å². The Balaban J connectivity index is 0.00000392. The van der Waals surface area contributed by atoms with Crippen molar-refractivity contribution in [2.24, 2.45) is 4.99 Å². The SMILES string of the molecule is CCNC(=NCc1cc(F)ccc1CS(C)(=O)=O)NCc1ccccc1F.I. The third-order valence-electron chi connectivity index (χ3n) is 3.74. The van der Waals surface area contributed by atoms with E-state index in [1.165, 1.54) is 24.3 Å². The lowest BCUT2D eigenvalue weighted by atomic mass is 10.1. The van der Waals surface area contributed by atoms with Crippen molar-refractivity contribution in [3.05, 3.63) is 70.8 Å². The van der Waals surface area contributed by atoms with Crippen LogP contribution in [0, 0.1) is 11.6 Å². The van der Waals surface area contributed by atoms with Crippen LogP contribution in [0.3, 0.4) is 0 Å². The molecule has 2 rings (SSSR count). The average molecular weight is 523 g/mol. The van der Waals surface area contributed by atoms with Crippen molar-refractivity contribution in [3.8, 4) is 0 Å². The Labute approximate surface area is 181 Å². The fraction of sp³-hybridized carbons (Fsp3) is 0.316. The van der Waals surface area contributed by atoms with Gasteiger partial charge in [0.25, 0.3) is 0 Å². The molecule has 0 bridgehead atoms. The lowest BCUT2D eigenvalue weighted by Gasteiger charge is -2.13. The quantitative estimate of drug-likeness (QED) is 0.332. The van der Waals surface area contributed by atoms with Gasteiger partial charge in [-0.15, -0.1) is 24.0 Å². The van der Waals surface area contributed by atoms with E-state index in [1.54, 1.807) is 18.2 Å². The summed E-state index contributed by atoms with van der Waals surface area (Å²) in [6, 6.07) is 10.4. The Bertz CT molecular complexity index is 921.